The number of hydrogen-bond donors (Lipinski definition) is 1. The van der Waals surface area contributed by atoms with Crippen molar-refractivity contribution in [3.63, 3.8) is 0 Å². The van der Waals surface area contributed by atoms with Crippen LogP contribution in [0.3, 0.4) is 0 Å². The highest BCUT2D eigenvalue weighted by Crippen LogP contribution is 2.54. The molecule has 1 amide bonds. The van der Waals surface area contributed by atoms with Gasteiger partial charge in [0.1, 0.15) is 0 Å². The molecule has 0 saturated heterocycles. The molecule has 3 heteroatoms. The fourth-order valence-corrected chi connectivity index (χ4v) is 3.24. The van der Waals surface area contributed by atoms with E-state index in [-0.39, 0.29) is 11.8 Å². The van der Waals surface area contributed by atoms with Crippen molar-refractivity contribution in [2.24, 2.45) is 17.8 Å². The molecule has 2 unspecified atom stereocenters. The summed E-state index contributed by atoms with van der Waals surface area (Å²) in [7, 11) is 0. The minimum Gasteiger partial charge on any atom is -0.325 e. The lowest BCUT2D eigenvalue weighted by atomic mass is 10.0. The van der Waals surface area contributed by atoms with E-state index in [0.717, 1.165) is 40.4 Å². The van der Waals surface area contributed by atoms with Gasteiger partial charge >= 0.3 is 0 Å². The smallest absolute Gasteiger partial charge is 0.227 e. The van der Waals surface area contributed by atoms with Gasteiger partial charge in [0.15, 0.2) is 0 Å². The first-order valence-corrected chi connectivity index (χ1v) is 7.00. The van der Waals surface area contributed by atoms with Crippen LogP contribution in [0, 0.1) is 24.7 Å². The molecule has 2 fully saturated rings. The molecule has 2 aliphatic carbocycles. The van der Waals surface area contributed by atoms with Gasteiger partial charge in [0.05, 0.1) is 5.69 Å². The molecule has 90 valence electrons. The third-order valence-electron chi connectivity index (χ3n) is 3.99. The number of benzene rings is 1. The molecule has 2 saturated carbocycles. The summed E-state index contributed by atoms with van der Waals surface area (Å²) >= 11 is 3.47. The Bertz CT molecular complexity index is 461. The van der Waals surface area contributed by atoms with Crippen LogP contribution in [0.2, 0.25) is 0 Å². The van der Waals surface area contributed by atoms with Gasteiger partial charge in [0.2, 0.25) is 5.91 Å². The van der Waals surface area contributed by atoms with Crippen LogP contribution in [0.5, 0.6) is 0 Å². The van der Waals surface area contributed by atoms with E-state index in [0.29, 0.717) is 0 Å². The van der Waals surface area contributed by atoms with Gasteiger partial charge in [-0.1, -0.05) is 6.07 Å². The Morgan fingerprint density at radius 1 is 1.29 bits per heavy atom. The van der Waals surface area contributed by atoms with E-state index >= 15 is 0 Å². The minimum absolute atomic E-state index is 0.198. The Labute approximate surface area is 110 Å². The summed E-state index contributed by atoms with van der Waals surface area (Å²) in [4.78, 5) is 12.1. The van der Waals surface area contributed by atoms with E-state index in [4.69, 9.17) is 0 Å². The van der Waals surface area contributed by atoms with Crippen molar-refractivity contribution in [3.8, 4) is 0 Å². The normalized spacial score (nSPS) is 29.9. The number of fused-ring (bicyclic) bond motifs is 1. The molecular weight excluding hydrogens is 278 g/mol. The van der Waals surface area contributed by atoms with Gasteiger partial charge in [-0.25, -0.2) is 0 Å². The number of rotatable bonds is 2. The lowest BCUT2D eigenvalue weighted by Gasteiger charge is -2.13. The van der Waals surface area contributed by atoms with E-state index in [9.17, 15) is 4.79 Å². The van der Waals surface area contributed by atoms with Crippen molar-refractivity contribution in [3.05, 3.63) is 28.2 Å². The molecular formula is C14H16BrNO. The molecule has 0 aliphatic heterocycles. The standard InChI is InChI=1S/C14H16BrNO/c1-8-2-3-12(15)13(4-8)16-14(17)11-6-9-5-10(9)7-11/h2-4,9-11H,5-7H2,1H3,(H,16,17). The van der Waals surface area contributed by atoms with Crippen molar-refractivity contribution in [1.82, 2.24) is 0 Å². The van der Waals surface area contributed by atoms with Crippen molar-refractivity contribution in [1.29, 1.82) is 0 Å². The largest absolute Gasteiger partial charge is 0.325 e. The van der Waals surface area contributed by atoms with E-state index in [1.54, 1.807) is 0 Å². The number of anilines is 1. The van der Waals surface area contributed by atoms with Gasteiger partial charge < -0.3 is 5.32 Å². The fourth-order valence-electron chi connectivity index (χ4n) is 2.90. The second kappa shape index (κ2) is 4.13. The number of hydrogen-bond acceptors (Lipinski definition) is 1. The van der Waals surface area contributed by atoms with Gasteiger partial charge in [-0.05, 0) is 71.6 Å². The molecule has 3 rings (SSSR count). The maximum atomic E-state index is 12.1. The summed E-state index contributed by atoms with van der Waals surface area (Å²) < 4.78 is 0.958. The van der Waals surface area contributed by atoms with Crippen LogP contribution in [0.25, 0.3) is 0 Å². The lowest BCUT2D eigenvalue weighted by molar-refractivity contribution is -0.120. The van der Waals surface area contributed by atoms with Gasteiger partial charge in [-0.3, -0.25) is 4.79 Å². The highest BCUT2D eigenvalue weighted by molar-refractivity contribution is 9.10. The number of carbonyl (C=O) groups is 1. The number of carbonyl (C=O) groups excluding carboxylic acids is 1. The Morgan fingerprint density at radius 3 is 2.71 bits per heavy atom. The second-order valence-electron chi connectivity index (χ2n) is 5.40. The van der Waals surface area contributed by atoms with Crippen LogP contribution in [0.4, 0.5) is 5.69 Å². The molecule has 0 bridgehead atoms. The fraction of sp³-hybridized carbons (Fsp3) is 0.500. The van der Waals surface area contributed by atoms with Gasteiger partial charge in [0.25, 0.3) is 0 Å². The highest BCUT2D eigenvalue weighted by atomic mass is 79.9. The lowest BCUT2D eigenvalue weighted by Crippen LogP contribution is -2.21. The molecule has 0 radical (unpaired) electrons. The summed E-state index contributed by atoms with van der Waals surface area (Å²) in [5.41, 5.74) is 2.06. The summed E-state index contributed by atoms with van der Waals surface area (Å²) in [6.07, 6.45) is 3.55. The van der Waals surface area contributed by atoms with Crippen LogP contribution < -0.4 is 5.32 Å². The van der Waals surface area contributed by atoms with Gasteiger partial charge in [-0.15, -0.1) is 0 Å². The zero-order valence-corrected chi connectivity index (χ0v) is 11.5. The SMILES string of the molecule is Cc1ccc(Br)c(NC(=O)C2CC3CC3C2)c1. The minimum atomic E-state index is 0.198. The first-order valence-electron chi connectivity index (χ1n) is 6.20. The Balaban J connectivity index is 1.69. The molecule has 17 heavy (non-hydrogen) atoms. The van der Waals surface area contributed by atoms with Crippen molar-refractivity contribution < 1.29 is 4.79 Å². The first kappa shape index (κ1) is 11.3. The Kier molecular flexibility index (Phi) is 2.74. The van der Waals surface area contributed by atoms with E-state index in [1.165, 1.54) is 6.42 Å². The molecule has 1 aromatic carbocycles. The number of aryl methyl sites for hydroxylation is 1. The molecule has 0 heterocycles. The quantitative estimate of drug-likeness (QED) is 0.884. The predicted molar refractivity (Wildman–Crippen MR) is 71.8 cm³/mol. The molecule has 1 aromatic rings. The maximum absolute atomic E-state index is 12.1. The molecule has 2 aliphatic rings. The maximum Gasteiger partial charge on any atom is 0.227 e. The summed E-state index contributed by atoms with van der Waals surface area (Å²) in [5.74, 6) is 2.15. The van der Waals surface area contributed by atoms with Crippen LogP contribution in [-0.4, -0.2) is 5.91 Å². The zero-order chi connectivity index (χ0) is 12.0. The average Bonchev–Trinajstić information content (AvgIpc) is 2.91. The van der Waals surface area contributed by atoms with E-state index < -0.39 is 0 Å². The Morgan fingerprint density at radius 2 is 2.00 bits per heavy atom. The molecule has 2 nitrogen and oxygen atoms in total. The average molecular weight is 294 g/mol. The summed E-state index contributed by atoms with van der Waals surface area (Å²) in [6.45, 7) is 2.03. The van der Waals surface area contributed by atoms with Crippen LogP contribution in [0.15, 0.2) is 22.7 Å². The van der Waals surface area contributed by atoms with Crippen LogP contribution in [-0.2, 0) is 4.79 Å². The van der Waals surface area contributed by atoms with Crippen molar-refractivity contribution in [2.75, 3.05) is 5.32 Å². The third-order valence-corrected chi connectivity index (χ3v) is 4.69. The van der Waals surface area contributed by atoms with Crippen molar-refractivity contribution in [2.45, 2.75) is 26.2 Å². The summed E-state index contributed by atoms with van der Waals surface area (Å²) in [6, 6.07) is 6.03. The molecule has 0 aromatic heterocycles. The zero-order valence-electron chi connectivity index (χ0n) is 9.87. The van der Waals surface area contributed by atoms with Gasteiger partial charge in [-0.2, -0.15) is 0 Å². The molecule has 2 atom stereocenters. The predicted octanol–water partition coefficient (Wildman–Crippen LogP) is 3.74. The van der Waals surface area contributed by atoms with Crippen LogP contribution >= 0.6 is 15.9 Å². The topological polar surface area (TPSA) is 29.1 Å². The number of halogens is 1. The molecule has 1 N–H and O–H groups in total. The first-order chi connectivity index (χ1) is 8.13. The summed E-state index contributed by atoms with van der Waals surface area (Å²) in [5, 5.41) is 3.05. The second-order valence-corrected chi connectivity index (χ2v) is 6.25. The van der Waals surface area contributed by atoms with Crippen molar-refractivity contribution >= 4 is 27.5 Å². The monoisotopic (exact) mass is 293 g/mol. The Hall–Kier alpha value is -0.830. The third kappa shape index (κ3) is 2.25. The number of amides is 1. The highest BCUT2D eigenvalue weighted by Gasteiger charge is 2.47. The molecule has 0 spiro atoms. The van der Waals surface area contributed by atoms with Gasteiger partial charge in [0, 0.05) is 10.4 Å². The number of nitrogens with one attached hydrogen (secondary N) is 1. The van der Waals surface area contributed by atoms with E-state index in [2.05, 4.69) is 21.2 Å². The van der Waals surface area contributed by atoms with E-state index in [1.807, 2.05) is 25.1 Å². The van der Waals surface area contributed by atoms with Crippen LogP contribution in [0.1, 0.15) is 24.8 Å².